The minimum Gasteiger partial charge on any atom is -0.312 e. The highest BCUT2D eigenvalue weighted by atomic mass is 35.5. The number of halogens is 3. The van der Waals surface area contributed by atoms with Crippen LogP contribution in [0.1, 0.15) is 11.1 Å². The summed E-state index contributed by atoms with van der Waals surface area (Å²) in [6, 6.07) is 6.64. The molecule has 0 atom stereocenters. The van der Waals surface area contributed by atoms with E-state index in [0.717, 1.165) is 36.4 Å². The SMILES string of the molecule is Cl.Fc1cnc(-c2cccc3c2CNCC3)c(F)c1. The van der Waals surface area contributed by atoms with E-state index in [0.29, 0.717) is 6.54 Å². The van der Waals surface area contributed by atoms with Crippen LogP contribution in [-0.2, 0) is 13.0 Å². The number of hydrogen-bond donors (Lipinski definition) is 1. The lowest BCUT2D eigenvalue weighted by molar-refractivity contribution is 0.575. The average molecular weight is 283 g/mol. The first kappa shape index (κ1) is 13.9. The van der Waals surface area contributed by atoms with Crippen molar-refractivity contribution in [3.8, 4) is 11.3 Å². The second kappa shape index (κ2) is 5.63. The molecule has 5 heteroatoms. The van der Waals surface area contributed by atoms with E-state index in [4.69, 9.17) is 0 Å². The van der Waals surface area contributed by atoms with Gasteiger partial charge in [0.1, 0.15) is 11.5 Å². The first-order valence-electron chi connectivity index (χ1n) is 5.88. The van der Waals surface area contributed by atoms with E-state index in [9.17, 15) is 8.78 Å². The molecule has 0 aliphatic carbocycles. The van der Waals surface area contributed by atoms with Crippen molar-refractivity contribution in [2.24, 2.45) is 0 Å². The van der Waals surface area contributed by atoms with Gasteiger partial charge in [0, 0.05) is 18.2 Å². The molecule has 1 aliphatic rings. The van der Waals surface area contributed by atoms with Crippen molar-refractivity contribution in [3.05, 3.63) is 53.2 Å². The Labute approximate surface area is 116 Å². The van der Waals surface area contributed by atoms with Gasteiger partial charge < -0.3 is 5.32 Å². The van der Waals surface area contributed by atoms with Gasteiger partial charge in [0.05, 0.1) is 6.20 Å². The largest absolute Gasteiger partial charge is 0.312 e. The van der Waals surface area contributed by atoms with Crippen LogP contribution in [0.3, 0.4) is 0 Å². The second-order valence-corrected chi connectivity index (χ2v) is 4.35. The quantitative estimate of drug-likeness (QED) is 0.869. The third-order valence-corrected chi connectivity index (χ3v) is 3.21. The summed E-state index contributed by atoms with van der Waals surface area (Å²) in [4.78, 5) is 3.88. The molecule has 1 N–H and O–H groups in total. The van der Waals surface area contributed by atoms with Gasteiger partial charge in [-0.25, -0.2) is 8.78 Å². The molecule has 0 bridgehead atoms. The van der Waals surface area contributed by atoms with Gasteiger partial charge in [-0.3, -0.25) is 4.98 Å². The molecular weight excluding hydrogens is 270 g/mol. The molecule has 2 nitrogen and oxygen atoms in total. The van der Waals surface area contributed by atoms with Gasteiger partial charge in [0.2, 0.25) is 0 Å². The summed E-state index contributed by atoms with van der Waals surface area (Å²) in [5.74, 6) is -1.27. The van der Waals surface area contributed by atoms with Gasteiger partial charge in [-0.05, 0) is 24.1 Å². The van der Waals surface area contributed by atoms with Crippen LogP contribution in [0.5, 0.6) is 0 Å². The summed E-state index contributed by atoms with van der Waals surface area (Å²) in [7, 11) is 0. The number of benzene rings is 1. The highest BCUT2D eigenvalue weighted by Gasteiger charge is 2.17. The lowest BCUT2D eigenvalue weighted by Crippen LogP contribution is -2.24. The third-order valence-electron chi connectivity index (χ3n) is 3.21. The van der Waals surface area contributed by atoms with Crippen molar-refractivity contribution < 1.29 is 8.78 Å². The Hall–Kier alpha value is -1.52. The number of hydrogen-bond acceptors (Lipinski definition) is 2. The van der Waals surface area contributed by atoms with Crippen molar-refractivity contribution in [1.82, 2.24) is 10.3 Å². The lowest BCUT2D eigenvalue weighted by Gasteiger charge is -2.20. The van der Waals surface area contributed by atoms with E-state index < -0.39 is 11.6 Å². The predicted octanol–water partition coefficient (Wildman–Crippen LogP) is 3.09. The number of aromatic nitrogens is 1. The summed E-state index contributed by atoms with van der Waals surface area (Å²) in [5.41, 5.74) is 3.23. The van der Waals surface area contributed by atoms with Gasteiger partial charge in [-0.15, -0.1) is 12.4 Å². The van der Waals surface area contributed by atoms with E-state index in [1.54, 1.807) is 0 Å². The molecule has 2 aromatic rings. The highest BCUT2D eigenvalue weighted by molar-refractivity contribution is 5.85. The minimum atomic E-state index is -0.654. The molecule has 0 spiro atoms. The van der Waals surface area contributed by atoms with Crippen molar-refractivity contribution in [2.75, 3.05) is 6.54 Å². The molecule has 1 aromatic carbocycles. The fourth-order valence-corrected chi connectivity index (χ4v) is 2.35. The van der Waals surface area contributed by atoms with Crippen LogP contribution >= 0.6 is 12.4 Å². The maximum Gasteiger partial charge on any atom is 0.152 e. The average Bonchev–Trinajstić information content (AvgIpc) is 2.38. The van der Waals surface area contributed by atoms with Crippen LogP contribution in [0, 0.1) is 11.6 Å². The lowest BCUT2D eigenvalue weighted by atomic mass is 9.94. The number of rotatable bonds is 1. The Morgan fingerprint density at radius 3 is 2.84 bits per heavy atom. The molecule has 0 radical (unpaired) electrons. The zero-order valence-corrected chi connectivity index (χ0v) is 10.9. The van der Waals surface area contributed by atoms with Crippen LogP contribution in [0.4, 0.5) is 8.78 Å². The summed E-state index contributed by atoms with van der Waals surface area (Å²) in [6.45, 7) is 1.62. The summed E-state index contributed by atoms with van der Waals surface area (Å²) in [5, 5.41) is 3.26. The normalized spacial score (nSPS) is 13.6. The van der Waals surface area contributed by atoms with Crippen molar-refractivity contribution in [1.29, 1.82) is 0 Å². The first-order valence-corrected chi connectivity index (χ1v) is 5.88. The standard InChI is InChI=1S/C14H12F2N2.ClH/c15-10-6-13(16)14(18-7-10)11-3-1-2-9-4-5-17-8-12(9)11;/h1-3,6-7,17H,4-5,8H2;1H. The van der Waals surface area contributed by atoms with E-state index in [1.807, 2.05) is 18.2 Å². The van der Waals surface area contributed by atoms with Crippen molar-refractivity contribution >= 4 is 12.4 Å². The fourth-order valence-electron chi connectivity index (χ4n) is 2.35. The number of fused-ring (bicyclic) bond motifs is 1. The van der Waals surface area contributed by atoms with Crippen LogP contribution < -0.4 is 5.32 Å². The highest BCUT2D eigenvalue weighted by Crippen LogP contribution is 2.28. The van der Waals surface area contributed by atoms with Crippen LogP contribution in [0.15, 0.2) is 30.5 Å². The third kappa shape index (κ3) is 2.60. The smallest absolute Gasteiger partial charge is 0.152 e. The molecule has 3 rings (SSSR count). The van der Waals surface area contributed by atoms with Gasteiger partial charge in [0.15, 0.2) is 5.82 Å². The Bertz CT molecular complexity index is 602. The molecule has 0 saturated carbocycles. The summed E-state index contributed by atoms with van der Waals surface area (Å²) < 4.78 is 26.7. The molecule has 0 amide bonds. The number of pyridine rings is 1. The molecule has 0 saturated heterocycles. The molecule has 1 aliphatic heterocycles. The van der Waals surface area contributed by atoms with Crippen LogP contribution in [0.2, 0.25) is 0 Å². The molecule has 0 unspecified atom stereocenters. The minimum absolute atomic E-state index is 0. The van der Waals surface area contributed by atoms with Crippen LogP contribution in [-0.4, -0.2) is 11.5 Å². The van der Waals surface area contributed by atoms with Crippen molar-refractivity contribution in [2.45, 2.75) is 13.0 Å². The van der Waals surface area contributed by atoms with Crippen molar-refractivity contribution in [3.63, 3.8) is 0 Å². The van der Waals surface area contributed by atoms with E-state index in [2.05, 4.69) is 10.3 Å². The number of nitrogens with one attached hydrogen (secondary N) is 1. The van der Waals surface area contributed by atoms with E-state index >= 15 is 0 Å². The molecule has 0 fully saturated rings. The van der Waals surface area contributed by atoms with Gasteiger partial charge in [0.25, 0.3) is 0 Å². The van der Waals surface area contributed by atoms with Gasteiger partial charge >= 0.3 is 0 Å². The van der Waals surface area contributed by atoms with Crippen LogP contribution in [0.25, 0.3) is 11.3 Å². The summed E-state index contributed by atoms with van der Waals surface area (Å²) in [6.07, 6.45) is 1.97. The molecule has 1 aromatic heterocycles. The zero-order valence-electron chi connectivity index (χ0n) is 10.1. The Morgan fingerprint density at radius 2 is 2.05 bits per heavy atom. The molecule has 100 valence electrons. The first-order chi connectivity index (χ1) is 8.75. The molecular formula is C14H13ClF2N2. The Balaban J connectivity index is 0.00000133. The van der Waals surface area contributed by atoms with E-state index in [-0.39, 0.29) is 18.1 Å². The Morgan fingerprint density at radius 1 is 1.21 bits per heavy atom. The maximum absolute atomic E-state index is 13.8. The van der Waals surface area contributed by atoms with Gasteiger partial charge in [-0.1, -0.05) is 18.2 Å². The second-order valence-electron chi connectivity index (χ2n) is 4.35. The fraction of sp³-hybridized carbons (Fsp3) is 0.214. The zero-order chi connectivity index (χ0) is 12.5. The molecule has 19 heavy (non-hydrogen) atoms. The monoisotopic (exact) mass is 282 g/mol. The topological polar surface area (TPSA) is 24.9 Å². The summed E-state index contributed by atoms with van der Waals surface area (Å²) >= 11 is 0. The molecule has 2 heterocycles. The number of nitrogens with zero attached hydrogens (tertiary/aromatic N) is 1. The predicted molar refractivity (Wildman–Crippen MR) is 72.2 cm³/mol. The maximum atomic E-state index is 13.8. The van der Waals surface area contributed by atoms with Gasteiger partial charge in [-0.2, -0.15) is 0 Å². The Kier molecular flexibility index (Phi) is 4.12. The van der Waals surface area contributed by atoms with E-state index in [1.165, 1.54) is 5.56 Å².